The number of rotatable bonds is 5. The molecule has 1 N–H and O–H groups in total. The highest BCUT2D eigenvalue weighted by molar-refractivity contribution is 5.80. The Kier molecular flexibility index (Phi) is 6.06. The fourth-order valence-corrected chi connectivity index (χ4v) is 3.11. The van der Waals surface area contributed by atoms with Gasteiger partial charge in [0.15, 0.2) is 5.96 Å². The van der Waals surface area contributed by atoms with Gasteiger partial charge in [-0.3, -0.25) is 9.89 Å². The molecule has 0 aromatic carbocycles. The summed E-state index contributed by atoms with van der Waals surface area (Å²) in [6.45, 7) is 4.24. The minimum Gasteiger partial charge on any atom is -0.468 e. The number of aliphatic imine (C=N–C) groups is 1. The molecular formula is C18H27N7O. The Morgan fingerprint density at radius 1 is 1.23 bits per heavy atom. The fraction of sp³-hybridized carbons (Fsp3) is 0.500. The van der Waals surface area contributed by atoms with Crippen molar-refractivity contribution in [1.29, 1.82) is 0 Å². The molecule has 26 heavy (non-hydrogen) atoms. The number of furan rings is 1. The normalized spacial score (nSPS) is 16.8. The fourth-order valence-electron chi connectivity index (χ4n) is 3.11. The number of nitrogens with zero attached hydrogens (tertiary/aromatic N) is 6. The zero-order valence-electron chi connectivity index (χ0n) is 15.7. The maximum atomic E-state index is 5.58. The monoisotopic (exact) mass is 357 g/mol. The van der Waals surface area contributed by atoms with E-state index in [1.807, 2.05) is 25.2 Å². The molecule has 0 bridgehead atoms. The number of piperazine rings is 1. The highest BCUT2D eigenvalue weighted by atomic mass is 16.3. The lowest BCUT2D eigenvalue weighted by molar-refractivity contribution is 0.255. The van der Waals surface area contributed by atoms with Crippen LogP contribution in [-0.2, 0) is 0 Å². The molecule has 1 fully saturated rings. The highest BCUT2D eigenvalue weighted by Crippen LogP contribution is 2.18. The van der Waals surface area contributed by atoms with Crippen LogP contribution in [0, 0.1) is 0 Å². The van der Waals surface area contributed by atoms with Crippen molar-refractivity contribution >= 4 is 11.9 Å². The predicted octanol–water partition coefficient (Wildman–Crippen LogP) is 1.07. The van der Waals surface area contributed by atoms with Crippen LogP contribution in [0.25, 0.3) is 0 Å². The average Bonchev–Trinajstić information content (AvgIpc) is 3.20. The van der Waals surface area contributed by atoms with Gasteiger partial charge in [0.05, 0.1) is 12.3 Å². The average molecular weight is 357 g/mol. The van der Waals surface area contributed by atoms with Crippen molar-refractivity contribution < 1.29 is 4.42 Å². The van der Waals surface area contributed by atoms with Gasteiger partial charge in [0.1, 0.15) is 5.76 Å². The molecule has 1 aliphatic rings. The zero-order valence-corrected chi connectivity index (χ0v) is 15.7. The first-order chi connectivity index (χ1) is 12.7. The van der Waals surface area contributed by atoms with Gasteiger partial charge in [-0.1, -0.05) is 0 Å². The van der Waals surface area contributed by atoms with Crippen LogP contribution in [0.4, 0.5) is 5.95 Å². The number of likely N-dealkylation sites (N-methyl/N-ethyl adjacent to an activating group) is 1. The van der Waals surface area contributed by atoms with Crippen LogP contribution < -0.4 is 10.2 Å². The number of anilines is 1. The summed E-state index contributed by atoms with van der Waals surface area (Å²) < 4.78 is 5.58. The molecule has 140 valence electrons. The Balaban J connectivity index is 1.55. The molecule has 1 atom stereocenters. The maximum Gasteiger partial charge on any atom is 0.225 e. The summed E-state index contributed by atoms with van der Waals surface area (Å²) in [5.74, 6) is 2.65. The van der Waals surface area contributed by atoms with Gasteiger partial charge in [-0.25, -0.2) is 9.97 Å². The first kappa shape index (κ1) is 18.2. The molecule has 1 saturated heterocycles. The van der Waals surface area contributed by atoms with Crippen molar-refractivity contribution in [2.24, 2.45) is 4.99 Å². The van der Waals surface area contributed by atoms with Crippen molar-refractivity contribution in [2.75, 3.05) is 58.8 Å². The molecule has 0 aliphatic carbocycles. The van der Waals surface area contributed by atoms with Crippen molar-refractivity contribution in [3.8, 4) is 0 Å². The Labute approximate surface area is 154 Å². The van der Waals surface area contributed by atoms with Crippen LogP contribution in [0.1, 0.15) is 11.8 Å². The summed E-state index contributed by atoms with van der Waals surface area (Å²) in [7, 11) is 5.93. The Morgan fingerprint density at radius 3 is 2.54 bits per heavy atom. The van der Waals surface area contributed by atoms with E-state index in [9.17, 15) is 0 Å². The minimum atomic E-state index is 0.153. The molecule has 3 heterocycles. The second kappa shape index (κ2) is 8.66. The smallest absolute Gasteiger partial charge is 0.225 e. The lowest BCUT2D eigenvalue weighted by atomic mass is 10.2. The largest absolute Gasteiger partial charge is 0.468 e. The SMILES string of the molecule is CN=C(NCC(c1ccco1)N(C)C)N1CCN(c2ncccn2)CC1. The van der Waals surface area contributed by atoms with Crippen LogP contribution in [0.5, 0.6) is 0 Å². The van der Waals surface area contributed by atoms with Crippen molar-refractivity contribution in [1.82, 2.24) is 25.1 Å². The zero-order chi connectivity index (χ0) is 18.4. The van der Waals surface area contributed by atoms with E-state index in [4.69, 9.17) is 4.42 Å². The molecule has 8 heteroatoms. The van der Waals surface area contributed by atoms with Crippen LogP contribution in [0.3, 0.4) is 0 Å². The third-order valence-electron chi connectivity index (χ3n) is 4.57. The van der Waals surface area contributed by atoms with Gasteiger partial charge in [-0.15, -0.1) is 0 Å². The molecular weight excluding hydrogens is 330 g/mol. The summed E-state index contributed by atoms with van der Waals surface area (Å²) in [5, 5.41) is 3.49. The van der Waals surface area contributed by atoms with Crippen molar-refractivity contribution in [3.05, 3.63) is 42.6 Å². The van der Waals surface area contributed by atoms with E-state index < -0.39 is 0 Å². The minimum absolute atomic E-state index is 0.153. The third kappa shape index (κ3) is 4.32. The summed E-state index contributed by atoms with van der Waals surface area (Å²) in [5.41, 5.74) is 0. The molecule has 0 amide bonds. The first-order valence-corrected chi connectivity index (χ1v) is 8.86. The standard InChI is InChI=1S/C18H27N7O/c1-19-17(22-14-15(23(2)3)16-6-4-13-26-16)24-9-11-25(12-10-24)18-20-7-5-8-21-18/h4-8,13,15H,9-12,14H2,1-3H3,(H,19,22). The van der Waals surface area contributed by atoms with E-state index in [1.54, 1.807) is 18.7 Å². The topological polar surface area (TPSA) is 73.0 Å². The van der Waals surface area contributed by atoms with Gasteiger partial charge < -0.3 is 19.5 Å². The van der Waals surface area contributed by atoms with Crippen LogP contribution in [0.15, 0.2) is 46.3 Å². The summed E-state index contributed by atoms with van der Waals surface area (Å²) >= 11 is 0. The molecule has 8 nitrogen and oxygen atoms in total. The highest BCUT2D eigenvalue weighted by Gasteiger charge is 2.23. The lowest BCUT2D eigenvalue weighted by Gasteiger charge is -2.37. The van der Waals surface area contributed by atoms with Crippen LogP contribution in [0.2, 0.25) is 0 Å². The van der Waals surface area contributed by atoms with Gasteiger partial charge in [-0.05, 0) is 32.3 Å². The first-order valence-electron chi connectivity index (χ1n) is 8.86. The Morgan fingerprint density at radius 2 is 1.96 bits per heavy atom. The van der Waals surface area contributed by atoms with Crippen molar-refractivity contribution in [2.45, 2.75) is 6.04 Å². The maximum absolute atomic E-state index is 5.58. The van der Waals surface area contributed by atoms with Crippen LogP contribution >= 0.6 is 0 Å². The van der Waals surface area contributed by atoms with Gasteiger partial charge in [0.25, 0.3) is 0 Å². The number of aromatic nitrogens is 2. The number of nitrogens with one attached hydrogen (secondary N) is 1. The van der Waals surface area contributed by atoms with E-state index in [0.29, 0.717) is 0 Å². The van der Waals surface area contributed by atoms with E-state index in [1.165, 1.54) is 0 Å². The molecule has 2 aromatic heterocycles. The summed E-state index contributed by atoms with van der Waals surface area (Å²) in [4.78, 5) is 19.7. The molecule has 0 radical (unpaired) electrons. The molecule has 1 unspecified atom stereocenters. The second-order valence-corrected chi connectivity index (χ2v) is 6.45. The van der Waals surface area contributed by atoms with E-state index >= 15 is 0 Å². The second-order valence-electron chi connectivity index (χ2n) is 6.45. The Hall–Kier alpha value is -2.61. The number of guanidine groups is 1. The molecule has 0 spiro atoms. The molecule has 1 aliphatic heterocycles. The summed E-state index contributed by atoms with van der Waals surface area (Å²) in [6.07, 6.45) is 5.28. The Bertz CT molecular complexity index is 679. The number of hydrogen-bond acceptors (Lipinski definition) is 6. The van der Waals surface area contributed by atoms with Crippen molar-refractivity contribution in [3.63, 3.8) is 0 Å². The molecule has 0 saturated carbocycles. The predicted molar refractivity (Wildman–Crippen MR) is 102 cm³/mol. The summed E-state index contributed by atoms with van der Waals surface area (Å²) in [6, 6.07) is 5.92. The van der Waals surface area contributed by atoms with E-state index in [0.717, 1.165) is 50.4 Å². The van der Waals surface area contributed by atoms with Crippen LogP contribution in [-0.4, -0.2) is 79.6 Å². The van der Waals surface area contributed by atoms with Gasteiger partial charge in [-0.2, -0.15) is 0 Å². The third-order valence-corrected chi connectivity index (χ3v) is 4.57. The molecule has 2 aromatic rings. The van der Waals surface area contributed by atoms with E-state index in [-0.39, 0.29) is 6.04 Å². The van der Waals surface area contributed by atoms with Gasteiger partial charge in [0.2, 0.25) is 5.95 Å². The number of hydrogen-bond donors (Lipinski definition) is 1. The quantitative estimate of drug-likeness (QED) is 0.634. The molecule has 3 rings (SSSR count). The van der Waals surface area contributed by atoms with Gasteiger partial charge in [0, 0.05) is 52.2 Å². The van der Waals surface area contributed by atoms with Gasteiger partial charge >= 0.3 is 0 Å². The van der Waals surface area contributed by atoms with E-state index in [2.05, 4.69) is 49.1 Å². The lowest BCUT2D eigenvalue weighted by Crippen LogP contribution is -2.53.